The van der Waals surface area contributed by atoms with Gasteiger partial charge in [-0.1, -0.05) is 19.9 Å². The minimum absolute atomic E-state index is 0.0196. The summed E-state index contributed by atoms with van der Waals surface area (Å²) in [6, 6.07) is 12.8. The Bertz CT molecular complexity index is 1240. The third-order valence-corrected chi connectivity index (χ3v) is 5.30. The Balaban J connectivity index is 0.000000348. The van der Waals surface area contributed by atoms with E-state index in [1.54, 1.807) is 44.0 Å². The summed E-state index contributed by atoms with van der Waals surface area (Å²) in [4.78, 5) is 34.7. The number of hydrogen-bond acceptors (Lipinski definition) is 6. The summed E-state index contributed by atoms with van der Waals surface area (Å²) in [5.41, 5.74) is 1.67. The van der Waals surface area contributed by atoms with Gasteiger partial charge in [-0.05, 0) is 49.7 Å². The van der Waals surface area contributed by atoms with Gasteiger partial charge >= 0.3 is 0 Å². The number of pyridine rings is 2. The van der Waals surface area contributed by atoms with Crippen LogP contribution in [-0.4, -0.2) is 49.2 Å². The highest BCUT2D eigenvalue weighted by Crippen LogP contribution is 2.19. The summed E-state index contributed by atoms with van der Waals surface area (Å²) >= 11 is 0. The van der Waals surface area contributed by atoms with Crippen molar-refractivity contribution in [3.05, 3.63) is 88.9 Å². The van der Waals surface area contributed by atoms with E-state index in [4.69, 9.17) is 0 Å². The molecule has 4 aromatic rings. The van der Waals surface area contributed by atoms with Gasteiger partial charge in [-0.3, -0.25) is 14.6 Å². The van der Waals surface area contributed by atoms with Crippen LogP contribution in [0.3, 0.4) is 0 Å². The number of hydrogen-bond donors (Lipinski definition) is 1. The lowest BCUT2D eigenvalue weighted by atomic mass is 10.2. The maximum absolute atomic E-state index is 12.4. The monoisotopic (exact) mass is 461 g/mol. The van der Waals surface area contributed by atoms with Crippen molar-refractivity contribution >= 4 is 17.4 Å². The number of fused-ring (bicyclic) bond motifs is 1. The van der Waals surface area contributed by atoms with E-state index in [9.17, 15) is 9.59 Å². The molecule has 4 aromatic heterocycles. The Morgan fingerprint density at radius 3 is 2.53 bits per heavy atom. The first-order valence-corrected chi connectivity index (χ1v) is 11.4. The number of carbonyl (C=O) groups excluding carboxylic acids is 1. The van der Waals surface area contributed by atoms with Crippen LogP contribution in [0.5, 0.6) is 0 Å². The van der Waals surface area contributed by atoms with Crippen LogP contribution in [0, 0.1) is 6.92 Å². The molecule has 0 radical (unpaired) electrons. The fourth-order valence-corrected chi connectivity index (χ4v) is 3.58. The molecule has 0 aromatic carbocycles. The van der Waals surface area contributed by atoms with Gasteiger partial charge in [0.05, 0.1) is 11.9 Å². The summed E-state index contributed by atoms with van der Waals surface area (Å²) in [5, 5.41) is 7.59. The molecule has 0 aliphatic carbocycles. The Labute approximate surface area is 199 Å². The standard InChI is InChI=1S/C18H20N6O2.C5H5N.C2H6/c1-12-10-19-15-5-6-16(21-24(12)15)23-9-7-13(11-23)20-17(25)14-4-3-8-22(2)18(14)26;1-2-4-6-5-3-1;1-2/h3-6,8,10,13H,7,9,11H2,1-2H3,(H,20,25);1-5H;1-2H3/t13-;;/m0../s1. The fraction of sp³-hybridized carbons (Fsp3) is 0.320. The van der Waals surface area contributed by atoms with Crippen molar-refractivity contribution in [1.82, 2.24) is 29.5 Å². The van der Waals surface area contributed by atoms with Gasteiger partial charge < -0.3 is 14.8 Å². The second-order valence-corrected chi connectivity index (χ2v) is 7.63. The number of nitrogens with zero attached hydrogens (tertiary/aromatic N) is 6. The summed E-state index contributed by atoms with van der Waals surface area (Å²) in [6.45, 7) is 7.42. The van der Waals surface area contributed by atoms with Gasteiger partial charge in [-0.25, -0.2) is 9.50 Å². The van der Waals surface area contributed by atoms with E-state index >= 15 is 0 Å². The van der Waals surface area contributed by atoms with Gasteiger partial charge in [0.2, 0.25) is 0 Å². The molecule has 1 saturated heterocycles. The van der Waals surface area contributed by atoms with Crippen LogP contribution in [0.2, 0.25) is 0 Å². The lowest BCUT2D eigenvalue weighted by molar-refractivity contribution is 0.0938. The smallest absolute Gasteiger partial charge is 0.263 e. The Morgan fingerprint density at radius 2 is 1.85 bits per heavy atom. The van der Waals surface area contributed by atoms with E-state index in [1.165, 1.54) is 4.57 Å². The second-order valence-electron chi connectivity index (χ2n) is 7.63. The largest absolute Gasteiger partial charge is 0.353 e. The van der Waals surface area contributed by atoms with E-state index in [0.717, 1.165) is 30.1 Å². The van der Waals surface area contributed by atoms with Gasteiger partial charge in [-0.15, -0.1) is 5.10 Å². The molecule has 9 heteroatoms. The SMILES string of the molecule is CC.Cc1cnc2ccc(N3CC[C@H](NC(=O)c4cccn(C)c4=O)C3)nn12.c1ccncc1. The number of carbonyl (C=O) groups is 1. The van der Waals surface area contributed by atoms with E-state index in [1.807, 2.05) is 55.6 Å². The molecule has 1 atom stereocenters. The minimum Gasteiger partial charge on any atom is -0.353 e. The number of aromatic nitrogens is 5. The van der Waals surface area contributed by atoms with Crippen molar-refractivity contribution in [3.8, 4) is 0 Å². The number of amides is 1. The normalized spacial score (nSPS) is 14.6. The van der Waals surface area contributed by atoms with Gasteiger partial charge in [0, 0.05) is 44.8 Å². The lowest BCUT2D eigenvalue weighted by Crippen LogP contribution is -2.40. The highest BCUT2D eigenvalue weighted by molar-refractivity contribution is 5.94. The van der Waals surface area contributed by atoms with Crippen molar-refractivity contribution in [3.63, 3.8) is 0 Å². The van der Waals surface area contributed by atoms with E-state index in [-0.39, 0.29) is 23.1 Å². The predicted molar refractivity (Wildman–Crippen MR) is 133 cm³/mol. The van der Waals surface area contributed by atoms with E-state index in [0.29, 0.717) is 6.54 Å². The molecule has 178 valence electrons. The van der Waals surface area contributed by atoms with Crippen LogP contribution < -0.4 is 15.8 Å². The molecule has 0 spiro atoms. The minimum atomic E-state index is -0.327. The maximum atomic E-state index is 12.4. The molecule has 5 heterocycles. The second kappa shape index (κ2) is 11.7. The molecule has 34 heavy (non-hydrogen) atoms. The Morgan fingerprint density at radius 1 is 1.09 bits per heavy atom. The van der Waals surface area contributed by atoms with Crippen LogP contribution in [-0.2, 0) is 7.05 Å². The third-order valence-electron chi connectivity index (χ3n) is 5.30. The van der Waals surface area contributed by atoms with Crippen LogP contribution >= 0.6 is 0 Å². The molecule has 9 nitrogen and oxygen atoms in total. The number of nitrogens with one attached hydrogen (secondary N) is 1. The maximum Gasteiger partial charge on any atom is 0.263 e. The first kappa shape index (κ1) is 24.6. The van der Waals surface area contributed by atoms with Gasteiger partial charge in [0.1, 0.15) is 11.4 Å². The first-order valence-electron chi connectivity index (χ1n) is 11.4. The average Bonchev–Trinajstić information content (AvgIpc) is 3.50. The summed E-state index contributed by atoms with van der Waals surface area (Å²) < 4.78 is 3.22. The average molecular weight is 462 g/mol. The quantitative estimate of drug-likeness (QED) is 0.504. The molecule has 1 amide bonds. The van der Waals surface area contributed by atoms with Crippen LogP contribution in [0.4, 0.5) is 5.82 Å². The highest BCUT2D eigenvalue weighted by atomic mass is 16.2. The summed E-state index contributed by atoms with van der Waals surface area (Å²) in [7, 11) is 1.64. The molecule has 0 unspecified atom stereocenters. The zero-order valence-corrected chi connectivity index (χ0v) is 20.0. The van der Waals surface area contributed by atoms with Crippen molar-refractivity contribution in [2.45, 2.75) is 33.2 Å². The van der Waals surface area contributed by atoms with Crippen molar-refractivity contribution in [2.75, 3.05) is 18.0 Å². The highest BCUT2D eigenvalue weighted by Gasteiger charge is 2.26. The number of anilines is 1. The fourth-order valence-electron chi connectivity index (χ4n) is 3.58. The molecule has 1 N–H and O–H groups in total. The van der Waals surface area contributed by atoms with Crippen LogP contribution in [0.1, 0.15) is 36.3 Å². The van der Waals surface area contributed by atoms with E-state index < -0.39 is 0 Å². The van der Waals surface area contributed by atoms with Crippen LogP contribution in [0.25, 0.3) is 5.65 Å². The molecule has 1 fully saturated rings. The van der Waals surface area contributed by atoms with Gasteiger partial charge in [0.25, 0.3) is 11.5 Å². The summed E-state index contributed by atoms with van der Waals surface area (Å²) in [6.07, 6.45) is 7.73. The van der Waals surface area contributed by atoms with Gasteiger partial charge in [0.15, 0.2) is 5.65 Å². The topological polar surface area (TPSA) is 97.4 Å². The Hall–Kier alpha value is -4.01. The number of rotatable bonds is 3. The van der Waals surface area contributed by atoms with Crippen molar-refractivity contribution < 1.29 is 4.79 Å². The Kier molecular flexibility index (Phi) is 8.50. The first-order chi connectivity index (χ1) is 16.5. The molecular weight excluding hydrogens is 430 g/mol. The van der Waals surface area contributed by atoms with E-state index in [2.05, 4.69) is 25.3 Å². The van der Waals surface area contributed by atoms with Crippen LogP contribution in [0.15, 0.2) is 72.0 Å². The molecule has 1 aliphatic rings. The number of imidazole rings is 1. The third kappa shape index (κ3) is 5.86. The molecule has 1 aliphatic heterocycles. The predicted octanol–water partition coefficient (Wildman–Crippen LogP) is 2.85. The van der Waals surface area contributed by atoms with Crippen molar-refractivity contribution in [1.29, 1.82) is 0 Å². The molecule has 5 rings (SSSR count). The number of aryl methyl sites for hydroxylation is 2. The van der Waals surface area contributed by atoms with Gasteiger partial charge in [-0.2, -0.15) is 0 Å². The summed E-state index contributed by atoms with van der Waals surface area (Å²) in [5.74, 6) is 0.526. The zero-order valence-electron chi connectivity index (χ0n) is 20.0. The molecular formula is C25H31N7O2. The zero-order chi connectivity index (χ0) is 24.5. The molecule has 0 saturated carbocycles. The lowest BCUT2D eigenvalue weighted by Gasteiger charge is -2.18. The van der Waals surface area contributed by atoms with Crippen molar-refractivity contribution in [2.24, 2.45) is 7.05 Å². The molecule has 0 bridgehead atoms.